The lowest BCUT2D eigenvalue weighted by Crippen LogP contribution is -2.49. The summed E-state index contributed by atoms with van der Waals surface area (Å²) in [4.78, 5) is 2.32. The van der Waals surface area contributed by atoms with Gasteiger partial charge in [-0.25, -0.2) is 0 Å². The normalized spacial score (nSPS) is 27.5. The smallest absolute Gasteiger partial charge is 0.125 e. The molecule has 1 spiro atoms. The molecule has 3 heteroatoms. The summed E-state index contributed by atoms with van der Waals surface area (Å²) in [6.07, 6.45) is 2.38. The first-order valence-electron chi connectivity index (χ1n) is 6.33. The molecule has 1 unspecified atom stereocenters. The number of aliphatic hydroxyl groups is 1. The number of likely N-dealkylation sites (tertiary alicyclic amines) is 1. The van der Waals surface area contributed by atoms with Gasteiger partial charge in [0.15, 0.2) is 0 Å². The molecule has 1 aromatic carbocycles. The Morgan fingerprint density at radius 2 is 2.00 bits per heavy atom. The largest absolute Gasteiger partial charge is 0.487 e. The average Bonchev–Trinajstić information content (AvgIpc) is 2.34. The number of fused-ring (bicyclic) bond motifs is 1. The highest BCUT2D eigenvalue weighted by atomic mass is 16.5. The van der Waals surface area contributed by atoms with E-state index in [0.717, 1.165) is 43.7 Å². The van der Waals surface area contributed by atoms with Gasteiger partial charge >= 0.3 is 0 Å². The molecule has 0 bridgehead atoms. The van der Waals surface area contributed by atoms with Crippen LogP contribution in [0.15, 0.2) is 24.3 Å². The first-order valence-corrected chi connectivity index (χ1v) is 6.33. The van der Waals surface area contributed by atoms with E-state index in [1.165, 1.54) is 0 Å². The molecule has 1 saturated heterocycles. The van der Waals surface area contributed by atoms with Crippen LogP contribution in [-0.4, -0.2) is 35.7 Å². The lowest BCUT2D eigenvalue weighted by molar-refractivity contribution is -0.0503. The summed E-state index contributed by atoms with van der Waals surface area (Å²) >= 11 is 0. The van der Waals surface area contributed by atoms with Crippen molar-refractivity contribution in [1.29, 1.82) is 0 Å². The lowest BCUT2D eigenvalue weighted by Gasteiger charge is -2.45. The molecule has 17 heavy (non-hydrogen) atoms. The fourth-order valence-electron chi connectivity index (χ4n) is 2.92. The number of aliphatic hydroxyl groups excluding tert-OH is 1. The second kappa shape index (κ2) is 4.00. The zero-order valence-corrected chi connectivity index (χ0v) is 10.2. The second-order valence-electron chi connectivity index (χ2n) is 5.35. The Balaban J connectivity index is 1.88. The Labute approximate surface area is 102 Å². The van der Waals surface area contributed by atoms with Gasteiger partial charge < -0.3 is 14.7 Å². The van der Waals surface area contributed by atoms with Crippen molar-refractivity contribution in [2.75, 3.05) is 20.1 Å². The van der Waals surface area contributed by atoms with E-state index in [1.807, 2.05) is 24.3 Å². The van der Waals surface area contributed by atoms with Crippen LogP contribution in [-0.2, 0) is 0 Å². The van der Waals surface area contributed by atoms with Crippen LogP contribution >= 0.6 is 0 Å². The van der Waals surface area contributed by atoms with Gasteiger partial charge in [-0.2, -0.15) is 0 Å². The van der Waals surface area contributed by atoms with Gasteiger partial charge in [-0.15, -0.1) is 0 Å². The summed E-state index contributed by atoms with van der Waals surface area (Å²) in [5.74, 6) is 0.871. The van der Waals surface area contributed by atoms with Gasteiger partial charge in [0.2, 0.25) is 0 Å². The van der Waals surface area contributed by atoms with Crippen molar-refractivity contribution in [2.45, 2.75) is 31.0 Å². The van der Waals surface area contributed by atoms with E-state index in [2.05, 4.69) is 11.9 Å². The molecule has 0 aliphatic carbocycles. The molecule has 1 aromatic rings. The number of nitrogens with zero attached hydrogens (tertiary/aromatic N) is 1. The van der Waals surface area contributed by atoms with Crippen LogP contribution in [0.5, 0.6) is 5.75 Å². The van der Waals surface area contributed by atoms with E-state index < -0.39 is 0 Å². The Hall–Kier alpha value is -1.06. The quantitative estimate of drug-likeness (QED) is 0.743. The molecule has 1 N–H and O–H groups in total. The van der Waals surface area contributed by atoms with Crippen molar-refractivity contribution >= 4 is 0 Å². The van der Waals surface area contributed by atoms with Crippen molar-refractivity contribution in [3.05, 3.63) is 29.8 Å². The van der Waals surface area contributed by atoms with Gasteiger partial charge in [-0.05, 0) is 26.0 Å². The highest BCUT2D eigenvalue weighted by molar-refractivity contribution is 5.38. The minimum atomic E-state index is -0.372. The number of hydrogen-bond acceptors (Lipinski definition) is 3. The van der Waals surface area contributed by atoms with E-state index in [9.17, 15) is 5.11 Å². The molecule has 2 heterocycles. The van der Waals surface area contributed by atoms with E-state index in [1.54, 1.807) is 0 Å². The van der Waals surface area contributed by atoms with E-state index in [-0.39, 0.29) is 11.7 Å². The Kier molecular flexibility index (Phi) is 2.60. The molecular formula is C14H19NO2. The first kappa shape index (κ1) is 11.1. The maximum Gasteiger partial charge on any atom is 0.125 e. The van der Waals surface area contributed by atoms with E-state index in [4.69, 9.17) is 4.74 Å². The maximum absolute atomic E-state index is 10.3. The van der Waals surface area contributed by atoms with Crippen LogP contribution in [0.4, 0.5) is 0 Å². The van der Waals surface area contributed by atoms with Gasteiger partial charge in [0, 0.05) is 25.1 Å². The van der Waals surface area contributed by atoms with Crippen LogP contribution in [0, 0.1) is 0 Å². The number of para-hydroxylation sites is 1. The minimum Gasteiger partial charge on any atom is -0.487 e. The molecule has 2 aliphatic rings. The Bertz CT molecular complexity index is 410. The van der Waals surface area contributed by atoms with Crippen LogP contribution in [0.1, 0.15) is 30.9 Å². The molecule has 3 nitrogen and oxygen atoms in total. The summed E-state index contributed by atoms with van der Waals surface area (Å²) in [6.45, 7) is 2.10. The highest BCUT2D eigenvalue weighted by Crippen LogP contribution is 2.43. The van der Waals surface area contributed by atoms with Gasteiger partial charge in [0.1, 0.15) is 11.4 Å². The first-order chi connectivity index (χ1) is 8.19. The molecule has 0 radical (unpaired) electrons. The number of hydrogen-bond donors (Lipinski definition) is 1. The van der Waals surface area contributed by atoms with Crippen LogP contribution in [0.2, 0.25) is 0 Å². The zero-order chi connectivity index (χ0) is 11.9. The van der Waals surface area contributed by atoms with Crippen molar-refractivity contribution < 1.29 is 9.84 Å². The zero-order valence-electron chi connectivity index (χ0n) is 10.2. The molecule has 2 aliphatic heterocycles. The van der Waals surface area contributed by atoms with Crippen molar-refractivity contribution in [3.63, 3.8) is 0 Å². The fourth-order valence-corrected chi connectivity index (χ4v) is 2.92. The van der Waals surface area contributed by atoms with E-state index >= 15 is 0 Å². The highest BCUT2D eigenvalue weighted by Gasteiger charge is 2.42. The number of benzene rings is 1. The Morgan fingerprint density at radius 3 is 2.76 bits per heavy atom. The van der Waals surface area contributed by atoms with E-state index in [0.29, 0.717) is 0 Å². The summed E-state index contributed by atoms with van der Waals surface area (Å²) < 4.78 is 6.19. The minimum absolute atomic E-state index is 0.139. The average molecular weight is 233 g/mol. The van der Waals surface area contributed by atoms with Crippen molar-refractivity contribution in [3.8, 4) is 5.75 Å². The third-order valence-electron chi connectivity index (χ3n) is 4.07. The summed E-state index contributed by atoms with van der Waals surface area (Å²) in [7, 11) is 2.14. The van der Waals surface area contributed by atoms with Gasteiger partial charge in [0.05, 0.1) is 6.10 Å². The molecule has 1 fully saturated rings. The third kappa shape index (κ3) is 1.94. The molecule has 0 saturated carbocycles. The van der Waals surface area contributed by atoms with Crippen LogP contribution in [0.25, 0.3) is 0 Å². The third-order valence-corrected chi connectivity index (χ3v) is 4.07. The number of ether oxygens (including phenoxy) is 1. The van der Waals surface area contributed by atoms with Crippen molar-refractivity contribution in [2.24, 2.45) is 0 Å². The standard InChI is InChI=1S/C14H19NO2/c1-15-8-6-14(7-9-15)10-12(16)11-4-2-3-5-13(11)17-14/h2-5,12,16H,6-10H2,1H3. The molecule has 3 rings (SSSR count). The fraction of sp³-hybridized carbons (Fsp3) is 0.571. The predicted octanol–water partition coefficient (Wildman–Crippen LogP) is 1.97. The molecule has 0 amide bonds. The predicted molar refractivity (Wildman–Crippen MR) is 66.1 cm³/mol. The van der Waals surface area contributed by atoms with Crippen molar-refractivity contribution in [1.82, 2.24) is 4.90 Å². The summed E-state index contributed by atoms with van der Waals surface area (Å²) in [6, 6.07) is 7.86. The van der Waals surface area contributed by atoms with Crippen LogP contribution < -0.4 is 4.74 Å². The lowest BCUT2D eigenvalue weighted by atomic mass is 9.82. The summed E-state index contributed by atoms with van der Waals surface area (Å²) in [5, 5.41) is 10.3. The molecule has 1 atom stereocenters. The van der Waals surface area contributed by atoms with Gasteiger partial charge in [-0.1, -0.05) is 18.2 Å². The van der Waals surface area contributed by atoms with Gasteiger partial charge in [0.25, 0.3) is 0 Å². The molecule has 92 valence electrons. The molecule has 0 aromatic heterocycles. The monoisotopic (exact) mass is 233 g/mol. The SMILES string of the molecule is CN1CCC2(CC1)CC(O)c1ccccc1O2. The molecular weight excluding hydrogens is 214 g/mol. The maximum atomic E-state index is 10.3. The number of piperidine rings is 1. The van der Waals surface area contributed by atoms with Gasteiger partial charge in [-0.3, -0.25) is 0 Å². The summed E-state index contributed by atoms with van der Waals surface area (Å²) in [5.41, 5.74) is 0.803. The Morgan fingerprint density at radius 1 is 1.29 bits per heavy atom. The number of rotatable bonds is 0. The van der Waals surface area contributed by atoms with Crippen LogP contribution in [0.3, 0.4) is 0 Å². The topological polar surface area (TPSA) is 32.7 Å². The second-order valence-corrected chi connectivity index (χ2v) is 5.35.